The minimum absolute atomic E-state index is 0.170. The molecular weight excluding hydrogens is 455 g/mol. The number of aromatic nitrogens is 3. The number of carbonyl (C=O) groups excluding carboxylic acids is 3. The maximum atomic E-state index is 13.1. The smallest absolute Gasteiger partial charge is 0.247 e. The highest BCUT2D eigenvalue weighted by atomic mass is 35.5. The first-order chi connectivity index (χ1) is 15.3. The van der Waals surface area contributed by atoms with Gasteiger partial charge in [0.2, 0.25) is 17.7 Å². The van der Waals surface area contributed by atoms with Gasteiger partial charge < -0.3 is 10.6 Å². The number of amides is 3. The van der Waals surface area contributed by atoms with Crippen molar-refractivity contribution in [3.8, 4) is 5.69 Å². The van der Waals surface area contributed by atoms with Crippen LogP contribution < -0.4 is 10.6 Å². The van der Waals surface area contributed by atoms with Crippen molar-refractivity contribution in [3.05, 3.63) is 70.5 Å². The number of hydrogen-bond donors (Lipinski definition) is 1. The minimum Gasteiger partial charge on any atom is -0.368 e. The molecule has 0 aliphatic carbocycles. The Morgan fingerprint density at radius 2 is 1.78 bits per heavy atom. The first kappa shape index (κ1) is 21.8. The number of benzene rings is 2. The summed E-state index contributed by atoms with van der Waals surface area (Å²) in [5.41, 5.74) is 7.26. The molecule has 1 aliphatic rings. The van der Waals surface area contributed by atoms with E-state index in [-0.39, 0.29) is 24.7 Å². The van der Waals surface area contributed by atoms with Crippen molar-refractivity contribution in [2.75, 3.05) is 18.0 Å². The average Bonchev–Trinajstić information content (AvgIpc) is 3.20. The summed E-state index contributed by atoms with van der Waals surface area (Å²) in [6.45, 7) is -0.587. The number of carbonyl (C=O) groups is 3. The summed E-state index contributed by atoms with van der Waals surface area (Å²) in [6.07, 6.45) is 1.69. The van der Waals surface area contributed by atoms with E-state index < -0.39 is 23.8 Å². The Labute approximate surface area is 193 Å². The third kappa shape index (κ3) is 4.44. The van der Waals surface area contributed by atoms with Gasteiger partial charge in [0.1, 0.15) is 19.1 Å². The van der Waals surface area contributed by atoms with E-state index in [1.165, 1.54) is 20.7 Å². The minimum atomic E-state index is -0.941. The van der Waals surface area contributed by atoms with Crippen molar-refractivity contribution < 1.29 is 14.4 Å². The fourth-order valence-corrected chi connectivity index (χ4v) is 3.90. The quantitative estimate of drug-likeness (QED) is 0.587. The summed E-state index contributed by atoms with van der Waals surface area (Å²) < 4.78 is 1.39. The average molecular weight is 473 g/mol. The molecule has 1 unspecified atom stereocenters. The third-order valence-corrected chi connectivity index (χ3v) is 5.55. The standard InChI is InChI=1S/C21H18Cl2N6O3/c22-14-6-7-15(29-10-18(23)25-26-29)16(9-14)27-11-20(31)28(12-19(27)30)17(21(24)32)8-13-4-2-1-3-5-13/h1-7,9-10,17H,8,11-12H2,(H2,24,32). The van der Waals surface area contributed by atoms with Crippen LogP contribution in [0, 0.1) is 0 Å². The molecule has 0 spiro atoms. The molecule has 3 aromatic rings. The van der Waals surface area contributed by atoms with Gasteiger partial charge in [0.25, 0.3) is 0 Å². The summed E-state index contributed by atoms with van der Waals surface area (Å²) >= 11 is 12.0. The zero-order valence-electron chi connectivity index (χ0n) is 16.7. The number of nitrogens with zero attached hydrogens (tertiary/aromatic N) is 5. The van der Waals surface area contributed by atoms with Crippen LogP contribution in [0.25, 0.3) is 5.69 Å². The first-order valence-electron chi connectivity index (χ1n) is 9.64. The van der Waals surface area contributed by atoms with Crippen molar-refractivity contribution in [2.24, 2.45) is 5.73 Å². The van der Waals surface area contributed by atoms with E-state index in [0.29, 0.717) is 16.4 Å². The molecule has 32 heavy (non-hydrogen) atoms. The van der Waals surface area contributed by atoms with Crippen LogP contribution in [0.2, 0.25) is 10.2 Å². The Balaban J connectivity index is 1.62. The van der Waals surface area contributed by atoms with E-state index in [1.807, 2.05) is 30.3 Å². The zero-order valence-corrected chi connectivity index (χ0v) is 18.2. The Kier molecular flexibility index (Phi) is 6.11. The summed E-state index contributed by atoms with van der Waals surface area (Å²) in [7, 11) is 0. The number of primary amides is 1. The van der Waals surface area contributed by atoms with Crippen molar-refractivity contribution in [2.45, 2.75) is 12.5 Å². The number of rotatable bonds is 6. The van der Waals surface area contributed by atoms with Gasteiger partial charge in [-0.3, -0.25) is 19.3 Å². The predicted molar refractivity (Wildman–Crippen MR) is 119 cm³/mol. The van der Waals surface area contributed by atoms with E-state index in [4.69, 9.17) is 28.9 Å². The van der Waals surface area contributed by atoms with Gasteiger partial charge in [-0.05, 0) is 23.8 Å². The monoisotopic (exact) mass is 472 g/mol. The van der Waals surface area contributed by atoms with E-state index in [0.717, 1.165) is 5.56 Å². The SMILES string of the molecule is NC(=O)C(Cc1ccccc1)N1CC(=O)N(c2cc(Cl)ccc2-n2cc(Cl)nn2)CC1=O. The molecule has 0 radical (unpaired) electrons. The van der Waals surface area contributed by atoms with Gasteiger partial charge in [-0.15, -0.1) is 5.10 Å². The Hall–Kier alpha value is -3.43. The summed E-state index contributed by atoms with van der Waals surface area (Å²) in [6, 6.07) is 13.1. The molecule has 2 heterocycles. The number of hydrogen-bond acceptors (Lipinski definition) is 5. The third-order valence-electron chi connectivity index (χ3n) is 5.14. The molecule has 0 bridgehead atoms. The van der Waals surface area contributed by atoms with E-state index in [2.05, 4.69) is 10.3 Å². The first-order valence-corrected chi connectivity index (χ1v) is 10.4. The van der Waals surface area contributed by atoms with Gasteiger partial charge >= 0.3 is 0 Å². The molecular formula is C21H18Cl2N6O3. The van der Waals surface area contributed by atoms with Gasteiger partial charge in [-0.2, -0.15) is 0 Å². The molecule has 0 saturated carbocycles. The van der Waals surface area contributed by atoms with Gasteiger partial charge in [-0.1, -0.05) is 58.7 Å². The molecule has 1 fully saturated rings. The van der Waals surface area contributed by atoms with Crippen LogP contribution in [0.3, 0.4) is 0 Å². The largest absolute Gasteiger partial charge is 0.368 e. The Morgan fingerprint density at radius 1 is 1.03 bits per heavy atom. The van der Waals surface area contributed by atoms with E-state index in [1.54, 1.807) is 18.2 Å². The van der Waals surface area contributed by atoms with Crippen molar-refractivity contribution in [1.82, 2.24) is 19.9 Å². The van der Waals surface area contributed by atoms with E-state index >= 15 is 0 Å². The number of halogens is 2. The lowest BCUT2D eigenvalue weighted by Crippen LogP contribution is -2.60. The van der Waals surface area contributed by atoms with Crippen LogP contribution in [0.1, 0.15) is 5.56 Å². The lowest BCUT2D eigenvalue weighted by atomic mass is 10.0. The maximum absolute atomic E-state index is 13.1. The van der Waals surface area contributed by atoms with Crippen LogP contribution in [-0.4, -0.2) is 56.7 Å². The maximum Gasteiger partial charge on any atom is 0.247 e. The van der Waals surface area contributed by atoms with Crippen LogP contribution in [0.15, 0.2) is 54.7 Å². The molecule has 2 N–H and O–H groups in total. The topological polar surface area (TPSA) is 114 Å². The summed E-state index contributed by atoms with van der Waals surface area (Å²) in [5.74, 6) is -1.48. The predicted octanol–water partition coefficient (Wildman–Crippen LogP) is 1.85. The molecule has 1 saturated heterocycles. The second kappa shape index (κ2) is 8.97. The molecule has 1 atom stereocenters. The Bertz CT molecular complexity index is 1180. The molecule has 3 amide bonds. The molecule has 4 rings (SSSR count). The summed E-state index contributed by atoms with van der Waals surface area (Å²) in [4.78, 5) is 40.8. The highest BCUT2D eigenvalue weighted by Crippen LogP contribution is 2.30. The number of anilines is 1. The van der Waals surface area contributed by atoms with Gasteiger partial charge in [0.15, 0.2) is 5.15 Å². The van der Waals surface area contributed by atoms with Crippen LogP contribution in [0.4, 0.5) is 5.69 Å². The van der Waals surface area contributed by atoms with Gasteiger partial charge in [0.05, 0.1) is 17.6 Å². The fourth-order valence-electron chi connectivity index (χ4n) is 3.61. The van der Waals surface area contributed by atoms with Crippen molar-refractivity contribution in [3.63, 3.8) is 0 Å². The molecule has 9 nitrogen and oxygen atoms in total. The highest BCUT2D eigenvalue weighted by Gasteiger charge is 2.38. The molecule has 11 heteroatoms. The second-order valence-corrected chi connectivity index (χ2v) is 8.05. The van der Waals surface area contributed by atoms with Crippen molar-refractivity contribution in [1.29, 1.82) is 0 Å². The lowest BCUT2D eigenvalue weighted by molar-refractivity contribution is -0.144. The van der Waals surface area contributed by atoms with E-state index in [9.17, 15) is 14.4 Å². The molecule has 164 valence electrons. The molecule has 1 aliphatic heterocycles. The van der Waals surface area contributed by atoms with Crippen LogP contribution in [-0.2, 0) is 20.8 Å². The molecule has 2 aromatic carbocycles. The molecule has 1 aromatic heterocycles. The summed E-state index contributed by atoms with van der Waals surface area (Å²) in [5, 5.41) is 8.21. The normalized spacial score (nSPS) is 15.2. The van der Waals surface area contributed by atoms with Crippen LogP contribution in [0.5, 0.6) is 0 Å². The van der Waals surface area contributed by atoms with Crippen molar-refractivity contribution >= 4 is 46.6 Å². The van der Waals surface area contributed by atoms with Crippen LogP contribution >= 0.6 is 23.2 Å². The Morgan fingerprint density at radius 3 is 2.44 bits per heavy atom. The number of piperazine rings is 1. The highest BCUT2D eigenvalue weighted by molar-refractivity contribution is 6.31. The van der Waals surface area contributed by atoms with Gasteiger partial charge in [-0.25, -0.2) is 4.68 Å². The fraction of sp³-hybridized carbons (Fsp3) is 0.190. The second-order valence-electron chi connectivity index (χ2n) is 7.23. The van der Waals surface area contributed by atoms with Gasteiger partial charge in [0, 0.05) is 11.4 Å². The zero-order chi connectivity index (χ0) is 22.8. The number of nitrogens with two attached hydrogens (primary N) is 1. The lowest BCUT2D eigenvalue weighted by Gasteiger charge is -2.38.